The van der Waals surface area contributed by atoms with Gasteiger partial charge in [0.2, 0.25) is 0 Å². The lowest BCUT2D eigenvalue weighted by atomic mass is 10.2. The van der Waals surface area contributed by atoms with Crippen LogP contribution >= 0.6 is 11.8 Å². The maximum atomic E-state index is 5.88. The minimum Gasteiger partial charge on any atom is -0.383 e. The van der Waals surface area contributed by atoms with Crippen LogP contribution in [0.15, 0.2) is 0 Å². The van der Waals surface area contributed by atoms with E-state index in [4.69, 9.17) is 5.73 Å². The summed E-state index contributed by atoms with van der Waals surface area (Å²) in [6.07, 6.45) is 3.31. The molecule has 3 nitrogen and oxygen atoms in total. The summed E-state index contributed by atoms with van der Waals surface area (Å²) < 4.78 is 0. The Morgan fingerprint density at radius 2 is 2.21 bits per heavy atom. The molecule has 4 heteroatoms. The molecule has 1 aromatic heterocycles. The van der Waals surface area contributed by atoms with E-state index in [1.165, 1.54) is 17.7 Å². The fraction of sp³-hybridized carbons (Fsp3) is 0.600. The van der Waals surface area contributed by atoms with E-state index in [0.29, 0.717) is 5.82 Å². The van der Waals surface area contributed by atoms with Crippen LogP contribution in [-0.2, 0) is 18.6 Å². The molecule has 1 aliphatic rings. The monoisotopic (exact) mass is 209 g/mol. The molecule has 0 fully saturated rings. The number of nitrogens with two attached hydrogens (primary N) is 1. The number of anilines is 1. The fourth-order valence-corrected chi connectivity index (χ4v) is 2.29. The van der Waals surface area contributed by atoms with E-state index < -0.39 is 0 Å². The molecule has 0 aliphatic heterocycles. The molecule has 0 spiro atoms. The van der Waals surface area contributed by atoms with Gasteiger partial charge in [-0.15, -0.1) is 0 Å². The molecule has 1 aromatic rings. The number of hydrogen-bond acceptors (Lipinski definition) is 4. The van der Waals surface area contributed by atoms with Crippen molar-refractivity contribution < 1.29 is 0 Å². The van der Waals surface area contributed by atoms with Gasteiger partial charge in [0.1, 0.15) is 11.6 Å². The molecular formula is C10H15N3S. The average Bonchev–Trinajstić information content (AvgIpc) is 2.63. The second kappa shape index (κ2) is 4.17. The second-order valence-corrected chi connectivity index (χ2v) is 4.72. The number of aromatic nitrogens is 2. The average molecular weight is 209 g/mol. The highest BCUT2D eigenvalue weighted by molar-refractivity contribution is 7.98. The van der Waals surface area contributed by atoms with E-state index in [1.807, 2.05) is 11.8 Å². The topological polar surface area (TPSA) is 51.8 Å². The number of nitrogens with zero attached hydrogens (tertiary/aromatic N) is 2. The Bertz CT molecular complexity index is 338. The number of aryl methyl sites for hydroxylation is 1. The van der Waals surface area contributed by atoms with Gasteiger partial charge in [-0.3, -0.25) is 0 Å². The highest BCUT2D eigenvalue weighted by Crippen LogP contribution is 2.24. The van der Waals surface area contributed by atoms with E-state index in [9.17, 15) is 0 Å². The van der Waals surface area contributed by atoms with Gasteiger partial charge < -0.3 is 5.73 Å². The summed E-state index contributed by atoms with van der Waals surface area (Å²) in [7, 11) is 0. The van der Waals surface area contributed by atoms with E-state index in [-0.39, 0.29) is 0 Å². The lowest BCUT2D eigenvalue weighted by Gasteiger charge is -2.05. The summed E-state index contributed by atoms with van der Waals surface area (Å²) in [5.74, 6) is 3.59. The summed E-state index contributed by atoms with van der Waals surface area (Å²) in [4.78, 5) is 8.87. The molecule has 2 N–H and O–H groups in total. The number of rotatable bonds is 3. The summed E-state index contributed by atoms with van der Waals surface area (Å²) >= 11 is 1.83. The molecule has 0 aromatic carbocycles. The third-order valence-corrected chi connectivity index (χ3v) is 3.32. The Morgan fingerprint density at radius 3 is 3.00 bits per heavy atom. The quantitative estimate of drug-likeness (QED) is 0.824. The van der Waals surface area contributed by atoms with Crippen LogP contribution in [0.25, 0.3) is 0 Å². The molecule has 0 saturated carbocycles. The van der Waals surface area contributed by atoms with Gasteiger partial charge in [-0.1, -0.05) is 6.92 Å². The van der Waals surface area contributed by atoms with Crippen molar-refractivity contribution in [2.75, 3.05) is 11.5 Å². The van der Waals surface area contributed by atoms with Crippen molar-refractivity contribution in [3.8, 4) is 0 Å². The minimum atomic E-state index is 0.708. The number of hydrogen-bond donors (Lipinski definition) is 1. The van der Waals surface area contributed by atoms with Gasteiger partial charge in [0.05, 0.1) is 5.75 Å². The molecule has 0 bridgehead atoms. The third kappa shape index (κ3) is 1.85. The Hall–Kier alpha value is -0.770. The van der Waals surface area contributed by atoms with Gasteiger partial charge in [-0.25, -0.2) is 9.97 Å². The second-order valence-electron chi connectivity index (χ2n) is 3.44. The van der Waals surface area contributed by atoms with Crippen LogP contribution < -0.4 is 5.73 Å². The van der Waals surface area contributed by atoms with Crippen LogP contribution in [0, 0.1) is 0 Å². The van der Waals surface area contributed by atoms with Gasteiger partial charge in [0.15, 0.2) is 0 Å². The van der Waals surface area contributed by atoms with Crippen molar-refractivity contribution in [3.05, 3.63) is 17.1 Å². The molecule has 76 valence electrons. The van der Waals surface area contributed by atoms with E-state index in [2.05, 4.69) is 16.9 Å². The maximum Gasteiger partial charge on any atom is 0.140 e. The molecule has 2 rings (SSSR count). The molecule has 14 heavy (non-hydrogen) atoms. The molecule has 0 amide bonds. The number of fused-ring (bicyclic) bond motifs is 1. The first-order chi connectivity index (χ1) is 6.81. The highest BCUT2D eigenvalue weighted by atomic mass is 32.2. The molecule has 0 saturated heterocycles. The fourth-order valence-electron chi connectivity index (χ4n) is 1.77. The van der Waals surface area contributed by atoms with Crippen molar-refractivity contribution in [3.63, 3.8) is 0 Å². The number of nitrogen functional groups attached to an aromatic ring is 1. The molecule has 1 heterocycles. The SMILES string of the molecule is CCSCc1nc(N)c2c(n1)CCC2. The van der Waals surface area contributed by atoms with Crippen LogP contribution in [0.5, 0.6) is 0 Å². The van der Waals surface area contributed by atoms with Crippen LogP contribution in [0.2, 0.25) is 0 Å². The molecular weight excluding hydrogens is 194 g/mol. The molecule has 1 aliphatic carbocycles. The zero-order valence-corrected chi connectivity index (χ0v) is 9.23. The Morgan fingerprint density at radius 1 is 1.36 bits per heavy atom. The van der Waals surface area contributed by atoms with Gasteiger partial charge in [0.25, 0.3) is 0 Å². The molecule has 0 radical (unpaired) electrons. The Labute approximate surface area is 88.5 Å². The van der Waals surface area contributed by atoms with Crippen LogP contribution in [0.3, 0.4) is 0 Å². The highest BCUT2D eigenvalue weighted by Gasteiger charge is 2.17. The van der Waals surface area contributed by atoms with Crippen molar-refractivity contribution in [1.82, 2.24) is 9.97 Å². The van der Waals surface area contributed by atoms with Crippen LogP contribution in [0.4, 0.5) is 5.82 Å². The predicted octanol–water partition coefficient (Wildman–Crippen LogP) is 1.80. The van der Waals surface area contributed by atoms with E-state index >= 15 is 0 Å². The summed E-state index contributed by atoms with van der Waals surface area (Å²) in [6.45, 7) is 2.14. The summed E-state index contributed by atoms with van der Waals surface area (Å²) in [5, 5.41) is 0. The zero-order chi connectivity index (χ0) is 9.97. The normalized spacial score (nSPS) is 14.4. The van der Waals surface area contributed by atoms with Crippen LogP contribution in [-0.4, -0.2) is 15.7 Å². The van der Waals surface area contributed by atoms with Crippen molar-refractivity contribution in [2.24, 2.45) is 0 Å². The number of thioether (sulfide) groups is 1. The standard InChI is InChI=1S/C10H15N3S/c1-2-14-6-9-12-8-5-3-4-7(8)10(11)13-9/h2-6H2,1H3,(H2,11,12,13). The van der Waals surface area contributed by atoms with E-state index in [0.717, 1.165) is 30.2 Å². The zero-order valence-electron chi connectivity index (χ0n) is 8.42. The Kier molecular flexibility index (Phi) is 2.91. The summed E-state index contributed by atoms with van der Waals surface area (Å²) in [5.41, 5.74) is 8.26. The lowest BCUT2D eigenvalue weighted by molar-refractivity contribution is 0.893. The Balaban J connectivity index is 2.23. The smallest absolute Gasteiger partial charge is 0.140 e. The predicted molar refractivity (Wildman–Crippen MR) is 60.3 cm³/mol. The first-order valence-electron chi connectivity index (χ1n) is 5.03. The van der Waals surface area contributed by atoms with Gasteiger partial charge >= 0.3 is 0 Å². The van der Waals surface area contributed by atoms with Gasteiger partial charge in [-0.05, 0) is 25.0 Å². The van der Waals surface area contributed by atoms with Gasteiger partial charge in [0, 0.05) is 11.3 Å². The molecule has 0 atom stereocenters. The first kappa shape index (κ1) is 9.77. The van der Waals surface area contributed by atoms with Crippen molar-refractivity contribution in [2.45, 2.75) is 31.9 Å². The summed E-state index contributed by atoms with van der Waals surface area (Å²) in [6, 6.07) is 0. The lowest BCUT2D eigenvalue weighted by Crippen LogP contribution is -2.04. The van der Waals surface area contributed by atoms with Gasteiger partial charge in [-0.2, -0.15) is 11.8 Å². The third-order valence-electron chi connectivity index (χ3n) is 2.45. The molecule has 0 unspecified atom stereocenters. The van der Waals surface area contributed by atoms with Crippen LogP contribution in [0.1, 0.15) is 30.4 Å². The van der Waals surface area contributed by atoms with Crippen molar-refractivity contribution >= 4 is 17.6 Å². The first-order valence-corrected chi connectivity index (χ1v) is 6.18. The van der Waals surface area contributed by atoms with E-state index in [1.54, 1.807) is 0 Å². The largest absolute Gasteiger partial charge is 0.383 e. The van der Waals surface area contributed by atoms with Crippen molar-refractivity contribution in [1.29, 1.82) is 0 Å². The minimum absolute atomic E-state index is 0.708. The maximum absolute atomic E-state index is 5.88.